The molecule has 0 spiro atoms. The van der Waals surface area contributed by atoms with Gasteiger partial charge in [-0.15, -0.1) is 0 Å². The maximum Gasteiger partial charge on any atom is 0.260 e. The van der Waals surface area contributed by atoms with Crippen LogP contribution in [0.2, 0.25) is 10.0 Å². The maximum absolute atomic E-state index is 15.3. The molecule has 1 saturated carbocycles. The van der Waals surface area contributed by atoms with Crippen molar-refractivity contribution in [1.29, 1.82) is 0 Å². The first kappa shape index (κ1) is 31.8. The zero-order valence-corrected chi connectivity index (χ0v) is 27.6. The van der Waals surface area contributed by atoms with E-state index in [4.69, 9.17) is 37.4 Å². The summed E-state index contributed by atoms with van der Waals surface area (Å²) in [5, 5.41) is 15.7. The zero-order valence-electron chi connectivity index (χ0n) is 26.1. The van der Waals surface area contributed by atoms with E-state index in [0.717, 1.165) is 5.01 Å². The number of halogens is 2. The van der Waals surface area contributed by atoms with Gasteiger partial charge in [0.1, 0.15) is 23.0 Å². The lowest BCUT2D eigenvalue weighted by Crippen LogP contribution is -2.53. The smallest absolute Gasteiger partial charge is 0.260 e. The molecule has 6 atom stereocenters. The van der Waals surface area contributed by atoms with E-state index in [0.29, 0.717) is 27.7 Å². The highest BCUT2D eigenvalue weighted by Crippen LogP contribution is 2.65. The molecule has 0 radical (unpaired) electrons. The van der Waals surface area contributed by atoms with Gasteiger partial charge in [-0.3, -0.25) is 29.9 Å². The number of hydrogen-bond acceptors (Lipinski definition) is 9. The number of hydrogen-bond donors (Lipinski definition) is 3. The van der Waals surface area contributed by atoms with E-state index >= 15 is 4.79 Å². The summed E-state index contributed by atoms with van der Waals surface area (Å²) in [6.45, 7) is 0. The molecule has 4 amide bonds. The van der Waals surface area contributed by atoms with Gasteiger partial charge in [-0.2, -0.15) is 5.01 Å². The number of carbonyl (C=O) groups excluding carboxylic acids is 4. The van der Waals surface area contributed by atoms with Crippen LogP contribution in [0.1, 0.15) is 29.9 Å². The minimum absolute atomic E-state index is 0.0760. The first-order valence-electron chi connectivity index (χ1n) is 15.3. The highest BCUT2D eigenvalue weighted by atomic mass is 35.5. The first-order chi connectivity index (χ1) is 23.0. The van der Waals surface area contributed by atoms with Crippen molar-refractivity contribution >= 4 is 52.5 Å². The number of nitrogens with zero attached hydrogens (tertiary/aromatic N) is 1. The minimum atomic E-state index is -1.66. The summed E-state index contributed by atoms with van der Waals surface area (Å²) in [4.78, 5) is 56.2. The summed E-state index contributed by atoms with van der Waals surface area (Å²) in [7, 11) is 4.40. The summed E-state index contributed by atoms with van der Waals surface area (Å²) < 4.78 is 16.7. The van der Waals surface area contributed by atoms with Crippen LogP contribution in [0.3, 0.4) is 0 Å². The Bertz CT molecular complexity index is 1910. The predicted octanol–water partition coefficient (Wildman–Crippen LogP) is 5.00. The number of amides is 4. The van der Waals surface area contributed by atoms with E-state index < -0.39 is 52.7 Å². The number of aromatic hydroxyl groups is 1. The number of allylic oxidation sites excluding steroid dienone is 2. The molecule has 248 valence electrons. The van der Waals surface area contributed by atoms with Gasteiger partial charge in [0.25, 0.3) is 11.8 Å². The lowest BCUT2D eigenvalue weighted by atomic mass is 9.49. The molecular formula is C35H31Cl2N3O8. The molecule has 7 rings (SSSR count). The fourth-order valence-corrected chi connectivity index (χ4v) is 8.68. The molecule has 13 heteroatoms. The summed E-state index contributed by atoms with van der Waals surface area (Å²) in [5.41, 5.74) is 2.92. The third-order valence-electron chi connectivity index (χ3n) is 10.3. The largest absolute Gasteiger partial charge is 0.507 e. The molecule has 0 bridgehead atoms. The van der Waals surface area contributed by atoms with E-state index in [1.807, 2.05) is 6.08 Å². The van der Waals surface area contributed by atoms with Crippen LogP contribution in [0, 0.1) is 23.7 Å². The van der Waals surface area contributed by atoms with Gasteiger partial charge >= 0.3 is 0 Å². The molecule has 2 heterocycles. The number of phenolic OH excluding ortho intramolecular Hbond substituents is 1. The van der Waals surface area contributed by atoms with Crippen molar-refractivity contribution in [2.45, 2.75) is 24.2 Å². The van der Waals surface area contributed by atoms with Gasteiger partial charge in [0.05, 0.1) is 55.2 Å². The number of carbonyl (C=O) groups is 4. The molecule has 48 heavy (non-hydrogen) atoms. The average Bonchev–Trinajstić information content (AvgIpc) is 3.49. The lowest BCUT2D eigenvalue weighted by molar-refractivity contribution is -0.138. The van der Waals surface area contributed by atoms with Gasteiger partial charge in [-0.05, 0) is 54.7 Å². The van der Waals surface area contributed by atoms with Crippen LogP contribution in [0.15, 0.2) is 66.2 Å². The van der Waals surface area contributed by atoms with Crippen molar-refractivity contribution in [3.05, 3.63) is 87.4 Å². The number of benzene rings is 3. The van der Waals surface area contributed by atoms with Crippen LogP contribution >= 0.6 is 23.2 Å². The van der Waals surface area contributed by atoms with Gasteiger partial charge in [0, 0.05) is 28.6 Å². The van der Waals surface area contributed by atoms with Gasteiger partial charge in [-0.25, -0.2) is 0 Å². The zero-order chi connectivity index (χ0) is 34.1. The maximum atomic E-state index is 15.3. The van der Waals surface area contributed by atoms with Crippen LogP contribution in [0.5, 0.6) is 23.0 Å². The number of imide groups is 2. The number of ether oxygens (including phenoxy) is 3. The summed E-state index contributed by atoms with van der Waals surface area (Å²) >= 11 is 12.6. The van der Waals surface area contributed by atoms with E-state index in [2.05, 4.69) is 10.7 Å². The molecule has 3 N–H and O–H groups in total. The molecule has 2 aliphatic heterocycles. The molecular weight excluding hydrogens is 661 g/mol. The Balaban J connectivity index is 1.52. The van der Waals surface area contributed by atoms with Crippen molar-refractivity contribution in [2.24, 2.45) is 23.7 Å². The lowest BCUT2D eigenvalue weighted by Gasteiger charge is -2.50. The van der Waals surface area contributed by atoms with Crippen LogP contribution in [0.25, 0.3) is 0 Å². The van der Waals surface area contributed by atoms with Crippen LogP contribution in [0.4, 0.5) is 5.69 Å². The number of phenols is 1. The predicted molar refractivity (Wildman–Crippen MR) is 175 cm³/mol. The van der Waals surface area contributed by atoms with Crippen molar-refractivity contribution in [1.82, 2.24) is 10.3 Å². The standard InChI is InChI=1S/C35H31Cl2N3O8/c1-46-18-7-4-16(5-8-18)35-23(33(44)40(34(35)45)39-25-11-6-17(36)12-24(25)37)15-22-20(9-10-21-28(22)32(43)38-31(21)42)30(35)29-26(41)13-19(47-2)14-27(29)48-3/h4-9,11-14,21-23,28,30,39,41H,10,15H2,1-3H3,(H,38,42,43). The molecule has 0 aromatic heterocycles. The molecule has 3 fully saturated rings. The molecule has 2 saturated heterocycles. The van der Waals surface area contributed by atoms with Crippen molar-refractivity contribution < 1.29 is 38.5 Å². The van der Waals surface area contributed by atoms with Gasteiger partial charge in [0.2, 0.25) is 11.8 Å². The monoisotopic (exact) mass is 691 g/mol. The topological polar surface area (TPSA) is 144 Å². The fourth-order valence-electron chi connectivity index (χ4n) is 8.23. The minimum Gasteiger partial charge on any atom is -0.507 e. The number of nitrogens with one attached hydrogen (secondary N) is 2. The first-order valence-corrected chi connectivity index (χ1v) is 16.0. The highest BCUT2D eigenvalue weighted by Gasteiger charge is 2.70. The Labute approximate surface area is 285 Å². The Hall–Kier alpha value is -4.74. The Morgan fingerprint density at radius 3 is 2.29 bits per heavy atom. The van der Waals surface area contributed by atoms with E-state index in [-0.39, 0.29) is 46.5 Å². The number of methoxy groups -OCH3 is 3. The van der Waals surface area contributed by atoms with Crippen LogP contribution in [-0.2, 0) is 24.6 Å². The van der Waals surface area contributed by atoms with Crippen LogP contribution < -0.4 is 25.0 Å². The van der Waals surface area contributed by atoms with Gasteiger partial charge < -0.3 is 19.3 Å². The average molecular weight is 693 g/mol. The Kier molecular flexibility index (Phi) is 7.79. The Morgan fingerprint density at radius 1 is 0.896 bits per heavy atom. The van der Waals surface area contributed by atoms with Crippen molar-refractivity contribution in [2.75, 3.05) is 26.8 Å². The normalized spacial score (nSPS) is 27.5. The second-order valence-electron chi connectivity index (χ2n) is 12.3. The quantitative estimate of drug-likeness (QED) is 0.230. The van der Waals surface area contributed by atoms with E-state index in [9.17, 15) is 19.5 Å². The summed E-state index contributed by atoms with van der Waals surface area (Å²) in [6, 6.07) is 14.5. The second-order valence-corrected chi connectivity index (χ2v) is 13.2. The van der Waals surface area contributed by atoms with Crippen molar-refractivity contribution in [3.8, 4) is 23.0 Å². The highest BCUT2D eigenvalue weighted by molar-refractivity contribution is 6.36. The van der Waals surface area contributed by atoms with E-state index in [1.165, 1.54) is 33.5 Å². The molecule has 4 aliphatic rings. The molecule has 3 aromatic carbocycles. The van der Waals surface area contributed by atoms with Gasteiger partial charge in [0.15, 0.2) is 0 Å². The van der Waals surface area contributed by atoms with Crippen LogP contribution in [-0.4, -0.2) is 55.1 Å². The SMILES string of the molecule is COc1ccc(C23C(=O)N(Nc4ccc(Cl)cc4Cl)C(=O)C2CC2C(=CCC4C(=O)NC(=O)C42)C3c2c(O)cc(OC)cc2OC)cc1. The fraction of sp³-hybridized carbons (Fsp3) is 0.314. The van der Waals surface area contributed by atoms with E-state index in [1.54, 1.807) is 42.5 Å². The third-order valence-corrected chi connectivity index (χ3v) is 10.8. The van der Waals surface area contributed by atoms with Gasteiger partial charge in [-0.1, -0.05) is 47.0 Å². The summed E-state index contributed by atoms with van der Waals surface area (Å²) in [5.74, 6) is -5.24. The summed E-state index contributed by atoms with van der Waals surface area (Å²) in [6.07, 6.45) is 2.19. The number of fused-ring (bicyclic) bond motifs is 4. The molecule has 2 aliphatic carbocycles. The number of rotatable bonds is 7. The number of anilines is 1. The number of hydrazine groups is 1. The second kappa shape index (κ2) is 11.7. The molecule has 6 unspecified atom stereocenters. The third kappa shape index (κ3) is 4.55. The molecule has 11 nitrogen and oxygen atoms in total. The molecule has 3 aromatic rings. The Morgan fingerprint density at radius 2 is 1.62 bits per heavy atom. The van der Waals surface area contributed by atoms with Crippen molar-refractivity contribution in [3.63, 3.8) is 0 Å².